The zero-order valence-electron chi connectivity index (χ0n) is 12.2. The minimum absolute atomic E-state index is 0.107. The largest absolute Gasteiger partial charge is 0.340 e. The van der Waals surface area contributed by atoms with E-state index in [-0.39, 0.29) is 17.9 Å². The molecular weight excluding hydrogens is 272 g/mol. The van der Waals surface area contributed by atoms with E-state index in [0.29, 0.717) is 5.92 Å². The predicted octanol–water partition coefficient (Wildman–Crippen LogP) is 1.79. The summed E-state index contributed by atoms with van der Waals surface area (Å²) in [6.07, 6.45) is 5.94. The number of carbonyl (C=O) groups is 2. The van der Waals surface area contributed by atoms with Crippen LogP contribution in [0.1, 0.15) is 45.4 Å². The second kappa shape index (κ2) is 5.58. The lowest BCUT2D eigenvalue weighted by Crippen LogP contribution is -2.70. The Hall–Kier alpha value is -0.710. The van der Waals surface area contributed by atoms with Crippen molar-refractivity contribution >= 4 is 23.6 Å². The van der Waals surface area contributed by atoms with Gasteiger partial charge in [-0.3, -0.25) is 9.59 Å². The molecule has 5 heteroatoms. The summed E-state index contributed by atoms with van der Waals surface area (Å²) < 4.78 is 0. The third-order valence-corrected chi connectivity index (χ3v) is 5.72. The molecule has 4 nitrogen and oxygen atoms in total. The number of amides is 2. The van der Waals surface area contributed by atoms with Gasteiger partial charge in [0.2, 0.25) is 11.8 Å². The lowest BCUT2D eigenvalue weighted by atomic mass is 9.89. The fourth-order valence-electron chi connectivity index (χ4n) is 3.65. The van der Waals surface area contributed by atoms with E-state index in [1.54, 1.807) is 0 Å². The van der Waals surface area contributed by atoms with Gasteiger partial charge in [0, 0.05) is 12.3 Å². The van der Waals surface area contributed by atoms with Gasteiger partial charge in [0.25, 0.3) is 0 Å². The lowest BCUT2D eigenvalue weighted by molar-refractivity contribution is -0.155. The summed E-state index contributed by atoms with van der Waals surface area (Å²) in [5.41, 5.74) is -0.556. The molecule has 1 N–H and O–H groups in total. The van der Waals surface area contributed by atoms with Crippen molar-refractivity contribution in [1.29, 1.82) is 0 Å². The molecule has 0 aromatic rings. The minimum atomic E-state index is -0.556. The van der Waals surface area contributed by atoms with E-state index in [0.717, 1.165) is 56.6 Å². The molecule has 20 heavy (non-hydrogen) atoms. The van der Waals surface area contributed by atoms with E-state index >= 15 is 0 Å². The quantitative estimate of drug-likeness (QED) is 0.787. The average molecular weight is 296 g/mol. The van der Waals surface area contributed by atoms with Crippen LogP contribution in [0.15, 0.2) is 0 Å². The normalized spacial score (nSPS) is 29.1. The SMILES string of the molecule is CCSCCN1C(=O)C2(CCCC2)NC(=O)C1C1CC1. The van der Waals surface area contributed by atoms with Crippen LogP contribution in [0.5, 0.6) is 0 Å². The zero-order chi connectivity index (χ0) is 14.2. The first-order chi connectivity index (χ1) is 9.68. The van der Waals surface area contributed by atoms with Crippen molar-refractivity contribution in [3.05, 3.63) is 0 Å². The van der Waals surface area contributed by atoms with Crippen LogP contribution in [-0.2, 0) is 9.59 Å². The van der Waals surface area contributed by atoms with Gasteiger partial charge >= 0.3 is 0 Å². The third kappa shape index (κ3) is 2.45. The number of nitrogens with zero attached hydrogens (tertiary/aromatic N) is 1. The van der Waals surface area contributed by atoms with Gasteiger partial charge in [-0.2, -0.15) is 11.8 Å². The molecule has 3 rings (SSSR count). The summed E-state index contributed by atoms with van der Waals surface area (Å²) in [6.45, 7) is 2.86. The highest BCUT2D eigenvalue weighted by atomic mass is 32.2. The molecule has 1 heterocycles. The highest BCUT2D eigenvalue weighted by Crippen LogP contribution is 2.41. The monoisotopic (exact) mass is 296 g/mol. The van der Waals surface area contributed by atoms with Crippen LogP contribution in [-0.4, -0.2) is 46.3 Å². The summed E-state index contributed by atoms with van der Waals surface area (Å²) in [5, 5.41) is 3.10. The van der Waals surface area contributed by atoms with Gasteiger partial charge in [-0.1, -0.05) is 19.8 Å². The molecule has 1 atom stereocenters. The van der Waals surface area contributed by atoms with Gasteiger partial charge < -0.3 is 10.2 Å². The Morgan fingerprint density at radius 1 is 1.30 bits per heavy atom. The first-order valence-electron chi connectivity index (χ1n) is 7.89. The maximum absolute atomic E-state index is 12.9. The van der Waals surface area contributed by atoms with Gasteiger partial charge in [0.05, 0.1) is 0 Å². The molecule has 112 valence electrons. The fourth-order valence-corrected chi connectivity index (χ4v) is 4.27. The number of rotatable bonds is 5. The van der Waals surface area contributed by atoms with Crippen LogP contribution >= 0.6 is 11.8 Å². The molecule has 2 saturated carbocycles. The van der Waals surface area contributed by atoms with Crippen LogP contribution in [0.25, 0.3) is 0 Å². The molecule has 1 aliphatic heterocycles. The van der Waals surface area contributed by atoms with Gasteiger partial charge in [0.15, 0.2) is 0 Å². The number of hydrogen-bond acceptors (Lipinski definition) is 3. The Labute approximate surface area is 125 Å². The Balaban J connectivity index is 1.78. The molecular formula is C15H24N2O2S. The number of hydrogen-bond donors (Lipinski definition) is 1. The third-order valence-electron chi connectivity index (χ3n) is 4.84. The van der Waals surface area contributed by atoms with Gasteiger partial charge in [-0.25, -0.2) is 0 Å². The maximum Gasteiger partial charge on any atom is 0.249 e. The molecule has 2 aliphatic carbocycles. The summed E-state index contributed by atoms with van der Waals surface area (Å²) in [7, 11) is 0. The van der Waals surface area contributed by atoms with E-state index in [4.69, 9.17) is 0 Å². The number of piperazine rings is 1. The van der Waals surface area contributed by atoms with E-state index < -0.39 is 5.54 Å². The fraction of sp³-hybridized carbons (Fsp3) is 0.867. The highest BCUT2D eigenvalue weighted by molar-refractivity contribution is 7.99. The predicted molar refractivity (Wildman–Crippen MR) is 80.6 cm³/mol. The van der Waals surface area contributed by atoms with Crippen LogP contribution < -0.4 is 5.32 Å². The lowest BCUT2D eigenvalue weighted by Gasteiger charge is -2.44. The molecule has 3 fully saturated rings. The van der Waals surface area contributed by atoms with Crippen LogP contribution in [0.4, 0.5) is 0 Å². The smallest absolute Gasteiger partial charge is 0.249 e. The summed E-state index contributed by atoms with van der Waals surface area (Å²) in [5.74, 6) is 2.71. The van der Waals surface area contributed by atoms with Crippen molar-refractivity contribution in [2.75, 3.05) is 18.1 Å². The first kappa shape index (κ1) is 14.2. The van der Waals surface area contributed by atoms with Crippen LogP contribution in [0.2, 0.25) is 0 Å². The van der Waals surface area contributed by atoms with E-state index in [1.165, 1.54) is 0 Å². The molecule has 0 radical (unpaired) electrons. The van der Waals surface area contributed by atoms with Gasteiger partial charge in [0.1, 0.15) is 11.6 Å². The van der Waals surface area contributed by atoms with Crippen molar-refractivity contribution in [2.24, 2.45) is 5.92 Å². The molecule has 0 bridgehead atoms. The van der Waals surface area contributed by atoms with E-state index in [1.807, 2.05) is 16.7 Å². The summed E-state index contributed by atoms with van der Waals surface area (Å²) in [6, 6.07) is -0.189. The van der Waals surface area contributed by atoms with E-state index in [9.17, 15) is 9.59 Å². The molecule has 0 aromatic heterocycles. The molecule has 2 amide bonds. The standard InChI is InChI=1S/C15H24N2O2S/c1-2-20-10-9-17-12(11-5-6-11)13(18)16-15(14(17)19)7-3-4-8-15/h11-12H,2-10H2,1H3,(H,16,18). The van der Waals surface area contributed by atoms with Crippen LogP contribution in [0, 0.1) is 5.92 Å². The number of carbonyl (C=O) groups excluding carboxylic acids is 2. The van der Waals surface area contributed by atoms with Crippen molar-refractivity contribution in [2.45, 2.75) is 57.0 Å². The molecule has 1 unspecified atom stereocenters. The van der Waals surface area contributed by atoms with Crippen molar-refractivity contribution in [3.63, 3.8) is 0 Å². The molecule has 1 saturated heterocycles. The Morgan fingerprint density at radius 2 is 2.00 bits per heavy atom. The summed E-state index contributed by atoms with van der Waals surface area (Å²) >= 11 is 1.84. The minimum Gasteiger partial charge on any atom is -0.340 e. The number of thioether (sulfide) groups is 1. The topological polar surface area (TPSA) is 49.4 Å². The van der Waals surface area contributed by atoms with Gasteiger partial charge in [-0.15, -0.1) is 0 Å². The Bertz CT molecular complexity index is 403. The number of nitrogens with one attached hydrogen (secondary N) is 1. The Morgan fingerprint density at radius 3 is 2.60 bits per heavy atom. The second-order valence-electron chi connectivity index (χ2n) is 6.26. The van der Waals surface area contributed by atoms with Crippen LogP contribution in [0.3, 0.4) is 0 Å². The first-order valence-corrected chi connectivity index (χ1v) is 9.04. The summed E-state index contributed by atoms with van der Waals surface area (Å²) in [4.78, 5) is 27.4. The molecule has 0 aromatic carbocycles. The second-order valence-corrected chi connectivity index (χ2v) is 7.65. The maximum atomic E-state index is 12.9. The highest BCUT2D eigenvalue weighted by Gasteiger charge is 2.55. The van der Waals surface area contributed by atoms with Crippen molar-refractivity contribution in [1.82, 2.24) is 10.2 Å². The Kier molecular flexibility index (Phi) is 3.98. The van der Waals surface area contributed by atoms with Crippen molar-refractivity contribution < 1.29 is 9.59 Å². The molecule has 1 spiro atoms. The molecule has 3 aliphatic rings. The van der Waals surface area contributed by atoms with Gasteiger partial charge in [-0.05, 0) is 37.4 Å². The van der Waals surface area contributed by atoms with Crippen molar-refractivity contribution in [3.8, 4) is 0 Å². The average Bonchev–Trinajstić information content (AvgIpc) is 3.15. The zero-order valence-corrected chi connectivity index (χ0v) is 13.0. The van der Waals surface area contributed by atoms with E-state index in [2.05, 4.69) is 12.2 Å².